The third-order valence-corrected chi connectivity index (χ3v) is 4.63. The van der Waals surface area contributed by atoms with Crippen molar-refractivity contribution in [2.45, 2.75) is 6.54 Å². The predicted octanol–water partition coefficient (Wildman–Crippen LogP) is 4.60. The molecule has 0 atom stereocenters. The van der Waals surface area contributed by atoms with E-state index in [4.69, 9.17) is 11.6 Å². The number of hydrogen-bond donors (Lipinski definition) is 1. The maximum atomic E-state index is 6.09. The van der Waals surface area contributed by atoms with Gasteiger partial charge in [-0.3, -0.25) is 4.68 Å². The monoisotopic (exact) mass is 349 g/mol. The van der Waals surface area contributed by atoms with Gasteiger partial charge in [-0.1, -0.05) is 35.9 Å². The summed E-state index contributed by atoms with van der Waals surface area (Å²) in [6.07, 6.45) is 0. The standard InChI is InChI=1S/C15H13BrClN3/c1-20-14-8-3-2-5-10(14)13(19-20)9-18-12-7-4-6-11(17)15(12)16/h2-8,18H,9H2,1H3. The minimum atomic E-state index is 0.653. The number of aromatic nitrogens is 2. The topological polar surface area (TPSA) is 29.9 Å². The second-order valence-electron chi connectivity index (χ2n) is 4.54. The number of anilines is 1. The number of aryl methyl sites for hydroxylation is 1. The molecule has 2 aromatic carbocycles. The normalized spacial score (nSPS) is 10.9. The van der Waals surface area contributed by atoms with Gasteiger partial charge in [0.25, 0.3) is 0 Å². The van der Waals surface area contributed by atoms with Crippen molar-refractivity contribution in [1.82, 2.24) is 9.78 Å². The molecule has 0 bridgehead atoms. The van der Waals surface area contributed by atoms with Gasteiger partial charge in [0.2, 0.25) is 0 Å². The van der Waals surface area contributed by atoms with Crippen LogP contribution < -0.4 is 5.32 Å². The molecule has 3 aromatic rings. The molecular formula is C15H13BrClN3. The summed E-state index contributed by atoms with van der Waals surface area (Å²) in [6, 6.07) is 14.0. The molecule has 0 aliphatic heterocycles. The van der Waals surface area contributed by atoms with Gasteiger partial charge in [0, 0.05) is 12.4 Å². The van der Waals surface area contributed by atoms with Gasteiger partial charge in [-0.15, -0.1) is 0 Å². The van der Waals surface area contributed by atoms with E-state index in [0.717, 1.165) is 21.4 Å². The molecule has 20 heavy (non-hydrogen) atoms. The highest BCUT2D eigenvalue weighted by Crippen LogP contribution is 2.30. The highest BCUT2D eigenvalue weighted by molar-refractivity contribution is 9.10. The Balaban J connectivity index is 1.89. The van der Waals surface area contributed by atoms with Crippen molar-refractivity contribution in [3.8, 4) is 0 Å². The van der Waals surface area contributed by atoms with Crippen LogP contribution in [0, 0.1) is 0 Å². The van der Waals surface area contributed by atoms with Crippen molar-refractivity contribution < 1.29 is 0 Å². The van der Waals surface area contributed by atoms with Crippen LogP contribution in [0.2, 0.25) is 5.02 Å². The Morgan fingerprint density at radius 3 is 2.85 bits per heavy atom. The predicted molar refractivity (Wildman–Crippen MR) is 87.2 cm³/mol. The summed E-state index contributed by atoms with van der Waals surface area (Å²) in [5.41, 5.74) is 3.12. The highest BCUT2D eigenvalue weighted by Gasteiger charge is 2.09. The van der Waals surface area contributed by atoms with Crippen LogP contribution >= 0.6 is 27.5 Å². The molecule has 0 aliphatic carbocycles. The number of hydrogen-bond acceptors (Lipinski definition) is 2. The number of fused-ring (bicyclic) bond motifs is 1. The van der Waals surface area contributed by atoms with Gasteiger partial charge in [0.15, 0.2) is 0 Å². The molecule has 3 rings (SSSR count). The molecule has 1 aromatic heterocycles. The first kappa shape index (κ1) is 13.5. The lowest BCUT2D eigenvalue weighted by Crippen LogP contribution is -2.02. The number of nitrogens with zero attached hydrogens (tertiary/aromatic N) is 2. The molecule has 0 saturated heterocycles. The molecule has 0 aliphatic rings. The zero-order valence-electron chi connectivity index (χ0n) is 10.9. The molecule has 0 fully saturated rings. The summed E-state index contributed by atoms with van der Waals surface area (Å²) in [7, 11) is 1.96. The number of halogens is 2. The zero-order valence-corrected chi connectivity index (χ0v) is 13.2. The van der Waals surface area contributed by atoms with Gasteiger partial charge in [-0.2, -0.15) is 5.10 Å². The van der Waals surface area contributed by atoms with Crippen LogP contribution in [0.5, 0.6) is 0 Å². The fourth-order valence-electron chi connectivity index (χ4n) is 2.24. The SMILES string of the molecule is Cn1nc(CNc2cccc(Cl)c2Br)c2ccccc21. The molecule has 0 radical (unpaired) electrons. The summed E-state index contributed by atoms with van der Waals surface area (Å²) in [5, 5.41) is 9.79. The molecule has 0 amide bonds. The lowest BCUT2D eigenvalue weighted by molar-refractivity contribution is 0.771. The van der Waals surface area contributed by atoms with Crippen molar-refractivity contribution in [3.63, 3.8) is 0 Å². The van der Waals surface area contributed by atoms with E-state index in [1.165, 1.54) is 5.39 Å². The molecule has 102 valence electrons. The van der Waals surface area contributed by atoms with E-state index in [1.807, 2.05) is 42.1 Å². The van der Waals surface area contributed by atoms with Crippen molar-refractivity contribution in [1.29, 1.82) is 0 Å². The number of para-hydroxylation sites is 1. The third kappa shape index (κ3) is 2.41. The minimum Gasteiger partial charge on any atom is -0.378 e. The molecule has 3 nitrogen and oxygen atoms in total. The maximum absolute atomic E-state index is 6.09. The summed E-state index contributed by atoms with van der Waals surface area (Å²) < 4.78 is 2.78. The van der Waals surface area contributed by atoms with Gasteiger partial charge in [-0.25, -0.2) is 0 Å². The van der Waals surface area contributed by atoms with Crippen LogP contribution in [-0.4, -0.2) is 9.78 Å². The van der Waals surface area contributed by atoms with Crippen LogP contribution in [-0.2, 0) is 13.6 Å². The molecule has 0 saturated carbocycles. The highest BCUT2D eigenvalue weighted by atomic mass is 79.9. The Morgan fingerprint density at radius 1 is 1.20 bits per heavy atom. The van der Waals surface area contributed by atoms with Crippen LogP contribution in [0.3, 0.4) is 0 Å². The number of rotatable bonds is 3. The van der Waals surface area contributed by atoms with Crippen molar-refractivity contribution in [2.75, 3.05) is 5.32 Å². The molecular weight excluding hydrogens is 338 g/mol. The molecule has 5 heteroatoms. The summed E-state index contributed by atoms with van der Waals surface area (Å²) in [6.45, 7) is 0.653. The molecule has 1 heterocycles. The van der Waals surface area contributed by atoms with Crippen molar-refractivity contribution in [3.05, 3.63) is 57.7 Å². The first-order valence-corrected chi connectivity index (χ1v) is 7.42. The zero-order chi connectivity index (χ0) is 14.1. The van der Waals surface area contributed by atoms with Gasteiger partial charge in [0.1, 0.15) is 0 Å². The van der Waals surface area contributed by atoms with E-state index < -0.39 is 0 Å². The van der Waals surface area contributed by atoms with Gasteiger partial charge in [0.05, 0.1) is 32.9 Å². The van der Waals surface area contributed by atoms with Crippen molar-refractivity contribution >= 4 is 44.1 Å². The first-order valence-electron chi connectivity index (χ1n) is 6.25. The lowest BCUT2D eigenvalue weighted by Gasteiger charge is -2.08. The van der Waals surface area contributed by atoms with E-state index >= 15 is 0 Å². The second kappa shape index (κ2) is 5.46. The Labute approximate surface area is 130 Å². The average Bonchev–Trinajstić information content (AvgIpc) is 2.78. The van der Waals surface area contributed by atoms with Crippen LogP contribution in [0.4, 0.5) is 5.69 Å². The minimum absolute atomic E-state index is 0.653. The smallest absolute Gasteiger partial charge is 0.0894 e. The third-order valence-electron chi connectivity index (χ3n) is 3.23. The van der Waals surface area contributed by atoms with E-state index in [0.29, 0.717) is 11.6 Å². The first-order chi connectivity index (χ1) is 9.66. The van der Waals surface area contributed by atoms with Crippen molar-refractivity contribution in [2.24, 2.45) is 7.05 Å². The van der Waals surface area contributed by atoms with Crippen LogP contribution in [0.1, 0.15) is 5.69 Å². The Morgan fingerprint density at radius 2 is 2.00 bits per heavy atom. The quantitative estimate of drug-likeness (QED) is 0.748. The van der Waals surface area contributed by atoms with Gasteiger partial charge in [-0.05, 0) is 34.1 Å². The Bertz CT molecular complexity index is 767. The van der Waals surface area contributed by atoms with Crippen LogP contribution in [0.25, 0.3) is 10.9 Å². The van der Waals surface area contributed by atoms with Gasteiger partial charge < -0.3 is 5.32 Å². The average molecular weight is 351 g/mol. The lowest BCUT2D eigenvalue weighted by atomic mass is 10.2. The Hall–Kier alpha value is -1.52. The molecule has 0 spiro atoms. The molecule has 1 N–H and O–H groups in total. The number of benzene rings is 2. The van der Waals surface area contributed by atoms with Gasteiger partial charge >= 0.3 is 0 Å². The summed E-state index contributed by atoms with van der Waals surface area (Å²) in [5.74, 6) is 0. The fourth-order valence-corrected chi connectivity index (χ4v) is 2.82. The fraction of sp³-hybridized carbons (Fsp3) is 0.133. The van der Waals surface area contributed by atoms with E-state index in [1.54, 1.807) is 0 Å². The summed E-state index contributed by atoms with van der Waals surface area (Å²) >= 11 is 9.58. The molecule has 0 unspecified atom stereocenters. The van der Waals surface area contributed by atoms with E-state index in [-0.39, 0.29) is 0 Å². The largest absolute Gasteiger partial charge is 0.378 e. The van der Waals surface area contributed by atoms with Crippen LogP contribution in [0.15, 0.2) is 46.9 Å². The maximum Gasteiger partial charge on any atom is 0.0894 e. The number of nitrogens with one attached hydrogen (secondary N) is 1. The Kier molecular flexibility index (Phi) is 3.68. The second-order valence-corrected chi connectivity index (χ2v) is 5.74. The van der Waals surface area contributed by atoms with E-state index in [9.17, 15) is 0 Å². The van der Waals surface area contributed by atoms with E-state index in [2.05, 4.69) is 38.5 Å². The summed E-state index contributed by atoms with van der Waals surface area (Å²) in [4.78, 5) is 0.